The number of hydrogen-bond donors (Lipinski definition) is 1. The maximum absolute atomic E-state index is 12.6. The van der Waals surface area contributed by atoms with Crippen LogP contribution in [0.1, 0.15) is 11.1 Å². The van der Waals surface area contributed by atoms with Crippen molar-refractivity contribution in [2.45, 2.75) is 18.4 Å². The summed E-state index contributed by atoms with van der Waals surface area (Å²) < 4.78 is 29.1. The highest BCUT2D eigenvalue weighted by Gasteiger charge is 2.23. The van der Waals surface area contributed by atoms with Crippen molar-refractivity contribution < 1.29 is 13.3 Å². The molecule has 0 aliphatic heterocycles. The van der Waals surface area contributed by atoms with E-state index in [0.717, 1.165) is 11.6 Å². The molecule has 3 rings (SSSR count). The number of aromatic nitrogens is 2. The van der Waals surface area contributed by atoms with E-state index in [1.807, 2.05) is 30.3 Å². The van der Waals surface area contributed by atoms with Crippen LogP contribution in [0.4, 0.5) is 11.4 Å². The van der Waals surface area contributed by atoms with E-state index in [0.29, 0.717) is 6.54 Å². The van der Waals surface area contributed by atoms with Gasteiger partial charge in [0.1, 0.15) is 0 Å². The van der Waals surface area contributed by atoms with Crippen molar-refractivity contribution in [3.63, 3.8) is 0 Å². The summed E-state index contributed by atoms with van der Waals surface area (Å²) >= 11 is 5.95. The second kappa shape index (κ2) is 7.37. The number of hydrogen-bond acceptors (Lipinski definition) is 5. The zero-order valence-corrected chi connectivity index (χ0v) is 15.7. The summed E-state index contributed by atoms with van der Waals surface area (Å²) in [6, 6.07) is 11.7. The molecule has 0 spiro atoms. The van der Waals surface area contributed by atoms with E-state index in [1.54, 1.807) is 4.68 Å². The number of nitrogens with zero attached hydrogens (tertiary/aromatic N) is 3. The fraction of sp³-hybridized carbons (Fsp3) is 0.118. The number of benzene rings is 2. The molecule has 10 heteroatoms. The zero-order chi connectivity index (χ0) is 19.6. The molecule has 140 valence electrons. The Bertz CT molecular complexity index is 1100. The third kappa shape index (κ3) is 4.26. The van der Waals surface area contributed by atoms with Crippen molar-refractivity contribution in [2.24, 2.45) is 0 Å². The Labute approximate surface area is 160 Å². The van der Waals surface area contributed by atoms with Gasteiger partial charge in [0, 0.05) is 17.8 Å². The minimum Gasteiger partial charge on any atom is -0.276 e. The third-order valence-corrected chi connectivity index (χ3v) is 5.62. The first kappa shape index (κ1) is 18.9. The molecule has 3 aromatic rings. The smallest absolute Gasteiger partial charge is 0.275 e. The predicted octanol–water partition coefficient (Wildman–Crippen LogP) is 3.60. The molecule has 0 fully saturated rings. The van der Waals surface area contributed by atoms with E-state index >= 15 is 0 Å². The number of nitrogens with one attached hydrogen (secondary N) is 1. The summed E-state index contributed by atoms with van der Waals surface area (Å²) in [5.41, 5.74) is 1.10. The van der Waals surface area contributed by atoms with Crippen molar-refractivity contribution in [2.75, 3.05) is 4.72 Å². The maximum Gasteiger partial charge on any atom is 0.275 e. The Hall–Kier alpha value is -2.91. The summed E-state index contributed by atoms with van der Waals surface area (Å²) in [7, 11) is -4.06. The number of sulfonamides is 1. The van der Waals surface area contributed by atoms with Gasteiger partial charge in [-0.3, -0.25) is 19.5 Å². The molecule has 0 aliphatic rings. The SMILES string of the molecule is Cc1c(Cl)cc(S(=O)(=O)Nc2cnn(Cc3ccccc3)c2)cc1[N+](=O)[O-]. The maximum atomic E-state index is 12.6. The van der Waals surface area contributed by atoms with Crippen LogP contribution in [-0.2, 0) is 16.6 Å². The van der Waals surface area contributed by atoms with E-state index < -0.39 is 14.9 Å². The van der Waals surface area contributed by atoms with E-state index in [9.17, 15) is 18.5 Å². The molecule has 1 aromatic heterocycles. The summed E-state index contributed by atoms with van der Waals surface area (Å²) in [5, 5.41) is 15.2. The van der Waals surface area contributed by atoms with Gasteiger partial charge in [0.2, 0.25) is 0 Å². The lowest BCUT2D eigenvalue weighted by Gasteiger charge is -2.08. The fourth-order valence-electron chi connectivity index (χ4n) is 2.47. The third-order valence-electron chi connectivity index (χ3n) is 3.87. The minimum absolute atomic E-state index is 0.00403. The summed E-state index contributed by atoms with van der Waals surface area (Å²) in [5.74, 6) is 0. The molecule has 2 aromatic carbocycles. The molecule has 0 atom stereocenters. The summed E-state index contributed by atoms with van der Waals surface area (Å²) in [6.07, 6.45) is 2.90. The molecule has 0 bridgehead atoms. The van der Waals surface area contributed by atoms with E-state index in [-0.39, 0.29) is 26.9 Å². The van der Waals surface area contributed by atoms with Gasteiger partial charge in [0.25, 0.3) is 15.7 Å². The first-order chi connectivity index (χ1) is 12.8. The molecular weight excluding hydrogens is 392 g/mol. The van der Waals surface area contributed by atoms with E-state index in [1.165, 1.54) is 25.4 Å². The molecule has 0 unspecified atom stereocenters. The van der Waals surface area contributed by atoms with Gasteiger partial charge in [0.05, 0.1) is 33.3 Å². The van der Waals surface area contributed by atoms with Crippen LogP contribution >= 0.6 is 11.6 Å². The van der Waals surface area contributed by atoms with Crippen molar-refractivity contribution in [3.05, 3.63) is 81.1 Å². The van der Waals surface area contributed by atoms with Crippen LogP contribution in [0, 0.1) is 17.0 Å². The Morgan fingerprint density at radius 1 is 1.26 bits per heavy atom. The van der Waals surface area contributed by atoms with Crippen LogP contribution in [0.2, 0.25) is 5.02 Å². The molecular formula is C17H15ClN4O4S. The highest BCUT2D eigenvalue weighted by atomic mass is 35.5. The molecule has 1 heterocycles. The van der Waals surface area contributed by atoms with Gasteiger partial charge >= 0.3 is 0 Å². The van der Waals surface area contributed by atoms with Crippen LogP contribution in [0.3, 0.4) is 0 Å². The van der Waals surface area contributed by atoms with Gasteiger partial charge in [-0.2, -0.15) is 5.10 Å². The standard InChI is InChI=1S/C17H15ClN4O4S/c1-12-16(18)7-15(8-17(12)22(23)24)27(25,26)20-14-9-19-21(11-14)10-13-5-3-2-4-6-13/h2-9,11,20H,10H2,1H3. The molecule has 0 aliphatic carbocycles. The van der Waals surface area contributed by atoms with Crippen LogP contribution in [0.25, 0.3) is 0 Å². The molecule has 0 saturated heterocycles. The van der Waals surface area contributed by atoms with Crippen LogP contribution in [-0.4, -0.2) is 23.1 Å². The number of rotatable bonds is 6. The van der Waals surface area contributed by atoms with E-state index in [2.05, 4.69) is 9.82 Å². The predicted molar refractivity (Wildman–Crippen MR) is 101 cm³/mol. The molecule has 0 amide bonds. The average Bonchev–Trinajstić information content (AvgIpc) is 3.03. The van der Waals surface area contributed by atoms with Crippen LogP contribution < -0.4 is 4.72 Å². The second-order valence-corrected chi connectivity index (χ2v) is 7.91. The number of nitro groups is 1. The number of halogens is 1. The molecule has 27 heavy (non-hydrogen) atoms. The van der Waals surface area contributed by atoms with Crippen molar-refractivity contribution >= 4 is 33.0 Å². The Morgan fingerprint density at radius 2 is 1.96 bits per heavy atom. The fourth-order valence-corrected chi connectivity index (χ4v) is 3.82. The Balaban J connectivity index is 1.84. The lowest BCUT2D eigenvalue weighted by atomic mass is 10.2. The highest BCUT2D eigenvalue weighted by Crippen LogP contribution is 2.30. The topological polar surface area (TPSA) is 107 Å². The van der Waals surface area contributed by atoms with Gasteiger partial charge in [-0.15, -0.1) is 0 Å². The quantitative estimate of drug-likeness (QED) is 0.497. The molecule has 0 radical (unpaired) electrons. The Morgan fingerprint density at radius 3 is 2.63 bits per heavy atom. The minimum atomic E-state index is -4.06. The number of anilines is 1. The van der Waals surface area contributed by atoms with Crippen LogP contribution in [0.15, 0.2) is 59.8 Å². The lowest BCUT2D eigenvalue weighted by Crippen LogP contribution is -2.13. The lowest BCUT2D eigenvalue weighted by molar-refractivity contribution is -0.385. The van der Waals surface area contributed by atoms with Crippen molar-refractivity contribution in [3.8, 4) is 0 Å². The molecule has 0 saturated carbocycles. The van der Waals surface area contributed by atoms with E-state index in [4.69, 9.17) is 11.6 Å². The summed E-state index contributed by atoms with van der Waals surface area (Å²) in [4.78, 5) is 10.1. The normalized spacial score (nSPS) is 11.3. The van der Waals surface area contributed by atoms with Gasteiger partial charge in [-0.25, -0.2) is 8.42 Å². The first-order valence-electron chi connectivity index (χ1n) is 7.80. The van der Waals surface area contributed by atoms with Gasteiger partial charge < -0.3 is 0 Å². The highest BCUT2D eigenvalue weighted by molar-refractivity contribution is 7.92. The van der Waals surface area contributed by atoms with Crippen molar-refractivity contribution in [1.29, 1.82) is 0 Å². The van der Waals surface area contributed by atoms with Gasteiger partial charge in [-0.1, -0.05) is 41.9 Å². The Kier molecular flexibility index (Phi) is 5.15. The monoisotopic (exact) mass is 406 g/mol. The molecule has 8 nitrogen and oxygen atoms in total. The largest absolute Gasteiger partial charge is 0.276 e. The second-order valence-electron chi connectivity index (χ2n) is 5.82. The summed E-state index contributed by atoms with van der Waals surface area (Å²) in [6.45, 7) is 1.93. The van der Waals surface area contributed by atoms with Gasteiger partial charge in [-0.05, 0) is 18.6 Å². The zero-order valence-electron chi connectivity index (χ0n) is 14.2. The van der Waals surface area contributed by atoms with Gasteiger partial charge in [0.15, 0.2) is 0 Å². The molecule has 1 N–H and O–H groups in total. The average molecular weight is 407 g/mol. The van der Waals surface area contributed by atoms with Crippen molar-refractivity contribution in [1.82, 2.24) is 9.78 Å². The van der Waals surface area contributed by atoms with Crippen LogP contribution in [0.5, 0.6) is 0 Å². The first-order valence-corrected chi connectivity index (χ1v) is 9.66. The number of nitro benzene ring substituents is 1.